The molecule has 0 bridgehead atoms. The van der Waals surface area contributed by atoms with Crippen molar-refractivity contribution in [1.82, 2.24) is 5.32 Å². The first kappa shape index (κ1) is 16.0. The summed E-state index contributed by atoms with van der Waals surface area (Å²) in [6.07, 6.45) is -4.30. The number of halogens is 4. The molecule has 0 spiro atoms. The molecule has 1 N–H and O–H groups in total. The van der Waals surface area contributed by atoms with Crippen LogP contribution in [0.4, 0.5) is 17.6 Å². The van der Waals surface area contributed by atoms with Crippen molar-refractivity contribution in [2.75, 3.05) is 0 Å². The minimum absolute atomic E-state index is 0.0411. The lowest BCUT2D eigenvalue weighted by Crippen LogP contribution is -2.29. The summed E-state index contributed by atoms with van der Waals surface area (Å²) < 4.78 is 49.1. The molecule has 108 valence electrons. The Morgan fingerprint density at radius 2 is 1.89 bits per heavy atom. The summed E-state index contributed by atoms with van der Waals surface area (Å²) in [5, 5.41) is 3.18. The highest BCUT2D eigenvalue weighted by atomic mass is 19.4. The van der Waals surface area contributed by atoms with Crippen molar-refractivity contribution in [3.05, 3.63) is 35.6 Å². The Morgan fingerprint density at radius 1 is 1.21 bits per heavy atom. The summed E-state index contributed by atoms with van der Waals surface area (Å²) in [6.45, 7) is 3.71. The van der Waals surface area contributed by atoms with Gasteiger partial charge in [0.15, 0.2) is 0 Å². The summed E-state index contributed by atoms with van der Waals surface area (Å²) in [6, 6.07) is 6.08. The quantitative estimate of drug-likeness (QED) is 0.749. The fourth-order valence-electron chi connectivity index (χ4n) is 1.99. The topological polar surface area (TPSA) is 12.0 Å². The third kappa shape index (κ3) is 6.57. The number of rotatable bonds is 6. The lowest BCUT2D eigenvalue weighted by molar-refractivity contribution is -0.135. The van der Waals surface area contributed by atoms with Gasteiger partial charge in [-0.05, 0) is 44.4 Å². The van der Waals surface area contributed by atoms with Crippen molar-refractivity contribution in [3.8, 4) is 0 Å². The van der Waals surface area contributed by atoms with Crippen molar-refractivity contribution < 1.29 is 17.6 Å². The molecule has 0 radical (unpaired) electrons. The van der Waals surface area contributed by atoms with Gasteiger partial charge < -0.3 is 5.32 Å². The summed E-state index contributed by atoms with van der Waals surface area (Å²) in [4.78, 5) is 0. The molecule has 2 atom stereocenters. The molecule has 1 aromatic carbocycles. The van der Waals surface area contributed by atoms with Gasteiger partial charge >= 0.3 is 6.18 Å². The Kier molecular flexibility index (Phi) is 5.79. The summed E-state index contributed by atoms with van der Waals surface area (Å²) in [7, 11) is 0. The average Bonchev–Trinajstić information content (AvgIpc) is 2.27. The van der Waals surface area contributed by atoms with E-state index in [1.807, 2.05) is 13.8 Å². The van der Waals surface area contributed by atoms with Gasteiger partial charge in [-0.2, -0.15) is 13.2 Å². The van der Waals surface area contributed by atoms with Gasteiger partial charge in [0.05, 0.1) is 0 Å². The molecule has 0 aliphatic heterocycles. The van der Waals surface area contributed by atoms with Crippen LogP contribution in [0.2, 0.25) is 0 Å². The molecule has 0 fully saturated rings. The van der Waals surface area contributed by atoms with Crippen LogP contribution in [0.15, 0.2) is 24.3 Å². The molecule has 0 aromatic heterocycles. The zero-order chi connectivity index (χ0) is 14.5. The molecular formula is C14H19F4N. The molecule has 1 aromatic rings. The van der Waals surface area contributed by atoms with Crippen LogP contribution in [0.5, 0.6) is 0 Å². The summed E-state index contributed by atoms with van der Waals surface area (Å²) >= 11 is 0. The number of hydrogen-bond donors (Lipinski definition) is 1. The zero-order valence-corrected chi connectivity index (χ0v) is 11.1. The lowest BCUT2D eigenvalue weighted by atomic mass is 10.1. The molecule has 1 rings (SSSR count). The first-order chi connectivity index (χ1) is 8.78. The number of benzene rings is 1. The zero-order valence-electron chi connectivity index (χ0n) is 11.1. The molecule has 0 amide bonds. The van der Waals surface area contributed by atoms with Crippen LogP contribution in [-0.2, 0) is 0 Å². The highest BCUT2D eigenvalue weighted by Gasteiger charge is 2.26. The standard InChI is InChI=1S/C14H19F4N/c1-10(5-4-8-14(16,17)18)19-11(2)12-6-3-7-13(15)9-12/h3,6-7,9-11,19H,4-5,8H2,1-2H3. The Hall–Kier alpha value is -1.10. The smallest absolute Gasteiger partial charge is 0.308 e. The maximum atomic E-state index is 13.0. The molecule has 2 unspecified atom stereocenters. The van der Waals surface area contributed by atoms with Crippen molar-refractivity contribution in [2.45, 2.75) is 51.4 Å². The molecule has 0 aliphatic carbocycles. The third-order valence-electron chi connectivity index (χ3n) is 2.98. The van der Waals surface area contributed by atoms with Crippen molar-refractivity contribution in [3.63, 3.8) is 0 Å². The predicted octanol–water partition coefficient (Wildman–Crippen LogP) is 4.60. The van der Waals surface area contributed by atoms with E-state index in [1.165, 1.54) is 12.1 Å². The van der Waals surface area contributed by atoms with Gasteiger partial charge in [-0.1, -0.05) is 12.1 Å². The van der Waals surface area contributed by atoms with E-state index in [0.29, 0.717) is 6.42 Å². The van der Waals surface area contributed by atoms with Gasteiger partial charge in [-0.25, -0.2) is 4.39 Å². The van der Waals surface area contributed by atoms with Gasteiger partial charge in [-0.3, -0.25) is 0 Å². The molecule has 0 saturated heterocycles. The second kappa shape index (κ2) is 6.89. The Bertz CT molecular complexity index is 389. The van der Waals surface area contributed by atoms with Gasteiger partial charge in [0, 0.05) is 18.5 Å². The maximum Gasteiger partial charge on any atom is 0.389 e. The van der Waals surface area contributed by atoms with E-state index in [4.69, 9.17) is 0 Å². The van der Waals surface area contributed by atoms with E-state index >= 15 is 0 Å². The van der Waals surface area contributed by atoms with E-state index in [2.05, 4.69) is 5.32 Å². The van der Waals surface area contributed by atoms with Gasteiger partial charge in [-0.15, -0.1) is 0 Å². The van der Waals surface area contributed by atoms with Gasteiger partial charge in [0.1, 0.15) is 5.82 Å². The van der Waals surface area contributed by atoms with Crippen LogP contribution >= 0.6 is 0 Å². The summed E-state index contributed by atoms with van der Waals surface area (Å²) in [5.41, 5.74) is 0.794. The van der Waals surface area contributed by atoms with E-state index in [0.717, 1.165) is 5.56 Å². The van der Waals surface area contributed by atoms with Crippen LogP contribution in [0, 0.1) is 5.82 Å². The number of hydrogen-bond acceptors (Lipinski definition) is 1. The first-order valence-electron chi connectivity index (χ1n) is 6.36. The van der Waals surface area contributed by atoms with Crippen LogP contribution < -0.4 is 5.32 Å². The second-order valence-corrected chi connectivity index (χ2v) is 4.85. The largest absolute Gasteiger partial charge is 0.389 e. The highest BCUT2D eigenvalue weighted by Crippen LogP contribution is 2.23. The fourth-order valence-corrected chi connectivity index (χ4v) is 1.99. The summed E-state index contributed by atoms with van der Waals surface area (Å²) in [5.74, 6) is -0.309. The SMILES string of the molecule is CC(CCCC(F)(F)F)NC(C)c1cccc(F)c1. The fraction of sp³-hybridized carbons (Fsp3) is 0.571. The molecule has 1 nitrogen and oxygen atoms in total. The molecule has 19 heavy (non-hydrogen) atoms. The van der Waals surface area contributed by atoms with Crippen LogP contribution in [0.3, 0.4) is 0 Å². The minimum Gasteiger partial charge on any atom is -0.308 e. The molecule has 0 saturated carbocycles. The third-order valence-corrected chi connectivity index (χ3v) is 2.98. The Morgan fingerprint density at radius 3 is 2.47 bits per heavy atom. The van der Waals surface area contributed by atoms with E-state index in [-0.39, 0.29) is 24.3 Å². The van der Waals surface area contributed by atoms with Gasteiger partial charge in [0.25, 0.3) is 0 Å². The minimum atomic E-state index is -4.09. The predicted molar refractivity (Wildman–Crippen MR) is 67.3 cm³/mol. The van der Waals surface area contributed by atoms with E-state index in [1.54, 1.807) is 12.1 Å². The molecular weight excluding hydrogens is 258 g/mol. The molecule has 0 heterocycles. The normalized spacial score (nSPS) is 15.3. The Balaban J connectivity index is 2.38. The first-order valence-corrected chi connectivity index (χ1v) is 6.36. The molecule has 5 heteroatoms. The number of alkyl halides is 3. The van der Waals surface area contributed by atoms with E-state index in [9.17, 15) is 17.6 Å². The lowest BCUT2D eigenvalue weighted by Gasteiger charge is -2.20. The van der Waals surface area contributed by atoms with Crippen molar-refractivity contribution in [1.29, 1.82) is 0 Å². The maximum absolute atomic E-state index is 13.0. The number of nitrogens with one attached hydrogen (secondary N) is 1. The van der Waals surface area contributed by atoms with Crippen molar-refractivity contribution >= 4 is 0 Å². The monoisotopic (exact) mass is 277 g/mol. The van der Waals surface area contributed by atoms with Crippen molar-refractivity contribution in [2.24, 2.45) is 0 Å². The van der Waals surface area contributed by atoms with E-state index < -0.39 is 12.6 Å². The highest BCUT2D eigenvalue weighted by molar-refractivity contribution is 5.19. The van der Waals surface area contributed by atoms with Crippen LogP contribution in [-0.4, -0.2) is 12.2 Å². The Labute approximate surface area is 111 Å². The van der Waals surface area contributed by atoms with Gasteiger partial charge in [0.2, 0.25) is 0 Å². The van der Waals surface area contributed by atoms with Crippen LogP contribution in [0.1, 0.15) is 44.7 Å². The molecule has 0 aliphatic rings. The van der Waals surface area contributed by atoms with Crippen LogP contribution in [0.25, 0.3) is 0 Å². The average molecular weight is 277 g/mol. The second-order valence-electron chi connectivity index (χ2n) is 4.85.